The molecule has 8 heteroatoms. The van der Waals surface area contributed by atoms with E-state index in [1.54, 1.807) is 30.2 Å². The number of nitrogens with one attached hydrogen (secondary N) is 2. The quantitative estimate of drug-likeness (QED) is 0.633. The number of hydrogen-bond acceptors (Lipinski definition) is 6. The van der Waals surface area contributed by atoms with E-state index < -0.39 is 18.2 Å². The summed E-state index contributed by atoms with van der Waals surface area (Å²) >= 11 is 0. The number of methoxy groups -OCH3 is 1. The molecule has 8 nitrogen and oxygen atoms in total. The molecule has 4 rings (SSSR count). The van der Waals surface area contributed by atoms with Gasteiger partial charge in [0.1, 0.15) is 12.0 Å². The lowest BCUT2D eigenvalue weighted by Gasteiger charge is -2.31. The second-order valence-corrected chi connectivity index (χ2v) is 7.89. The minimum absolute atomic E-state index is 0.197. The third kappa shape index (κ3) is 4.17. The highest BCUT2D eigenvalue weighted by Crippen LogP contribution is 2.35. The summed E-state index contributed by atoms with van der Waals surface area (Å²) in [6, 6.07) is 11.9. The molecule has 2 aliphatic rings. The van der Waals surface area contributed by atoms with Crippen molar-refractivity contribution in [2.24, 2.45) is 0 Å². The summed E-state index contributed by atoms with van der Waals surface area (Å²) in [5, 5.41) is 16.0. The Morgan fingerprint density at radius 3 is 2.65 bits per heavy atom. The lowest BCUT2D eigenvalue weighted by molar-refractivity contribution is -0.141. The number of hydrogen-bond donors (Lipinski definition) is 3. The van der Waals surface area contributed by atoms with Gasteiger partial charge in [-0.05, 0) is 54.3 Å². The summed E-state index contributed by atoms with van der Waals surface area (Å²) in [6.45, 7) is 2.24. The third-order valence-corrected chi connectivity index (χ3v) is 5.92. The monoisotopic (exact) mass is 423 g/mol. The summed E-state index contributed by atoms with van der Waals surface area (Å²) in [5.41, 5.74) is 2.90. The highest BCUT2D eigenvalue weighted by atomic mass is 16.5. The first-order valence-corrected chi connectivity index (χ1v) is 10.2. The lowest BCUT2D eigenvalue weighted by atomic mass is 10.0. The Hall–Kier alpha value is -3.23. The number of nitrogens with zero attached hydrogens (tertiary/aromatic N) is 1. The van der Waals surface area contributed by atoms with Crippen molar-refractivity contribution in [1.29, 1.82) is 0 Å². The van der Waals surface area contributed by atoms with Crippen LogP contribution < -0.4 is 15.4 Å². The first-order chi connectivity index (χ1) is 14.9. The van der Waals surface area contributed by atoms with Crippen molar-refractivity contribution >= 4 is 17.7 Å². The molecule has 0 aromatic heterocycles. The average molecular weight is 423 g/mol. The van der Waals surface area contributed by atoms with E-state index in [0.717, 1.165) is 16.9 Å². The second-order valence-electron chi connectivity index (χ2n) is 7.89. The van der Waals surface area contributed by atoms with Gasteiger partial charge in [-0.3, -0.25) is 24.6 Å². The molecule has 1 fully saturated rings. The molecule has 2 aromatic rings. The van der Waals surface area contributed by atoms with E-state index in [0.29, 0.717) is 24.1 Å². The molecule has 2 aliphatic heterocycles. The number of aliphatic hydroxyl groups excluding tert-OH is 1. The second kappa shape index (κ2) is 8.49. The molecule has 31 heavy (non-hydrogen) atoms. The summed E-state index contributed by atoms with van der Waals surface area (Å²) in [4.78, 5) is 38.1. The first-order valence-electron chi connectivity index (χ1n) is 10.2. The maximum atomic E-state index is 12.8. The van der Waals surface area contributed by atoms with Crippen LogP contribution in [0.3, 0.4) is 0 Å². The largest absolute Gasteiger partial charge is 0.497 e. The Balaban J connectivity index is 1.46. The number of rotatable bonds is 5. The van der Waals surface area contributed by atoms with Crippen LogP contribution in [0.15, 0.2) is 42.5 Å². The summed E-state index contributed by atoms with van der Waals surface area (Å²) in [6.07, 6.45) is -0.343. The van der Waals surface area contributed by atoms with Gasteiger partial charge in [0, 0.05) is 18.5 Å². The van der Waals surface area contributed by atoms with E-state index in [1.165, 1.54) is 0 Å². The molecule has 2 heterocycles. The van der Waals surface area contributed by atoms with E-state index in [-0.39, 0.29) is 24.3 Å². The predicted molar refractivity (Wildman–Crippen MR) is 112 cm³/mol. The Labute approximate surface area is 180 Å². The molecule has 0 aliphatic carbocycles. The topological polar surface area (TPSA) is 108 Å². The summed E-state index contributed by atoms with van der Waals surface area (Å²) in [5.74, 6) is -0.160. The molecule has 0 saturated carbocycles. The number of benzene rings is 2. The van der Waals surface area contributed by atoms with Crippen LogP contribution in [0, 0.1) is 0 Å². The highest BCUT2D eigenvalue weighted by Gasteiger charge is 2.39. The molecule has 162 valence electrons. The fourth-order valence-corrected chi connectivity index (χ4v) is 4.13. The number of imide groups is 1. The zero-order chi connectivity index (χ0) is 22.1. The summed E-state index contributed by atoms with van der Waals surface area (Å²) < 4.78 is 5.16. The zero-order valence-corrected chi connectivity index (χ0v) is 17.4. The van der Waals surface area contributed by atoms with Gasteiger partial charge < -0.3 is 15.2 Å². The smallest absolute Gasteiger partial charge is 0.251 e. The number of fused-ring (bicyclic) bond motifs is 1. The number of carbonyl (C=O) groups excluding carboxylic acids is 3. The number of carbonyl (C=O) groups is 3. The molecule has 3 amide bonds. The molecule has 0 spiro atoms. The third-order valence-electron chi connectivity index (χ3n) is 5.92. The highest BCUT2D eigenvalue weighted by molar-refractivity contribution is 6.00. The average Bonchev–Trinajstić information content (AvgIpc) is 3.09. The Morgan fingerprint density at radius 1 is 1.23 bits per heavy atom. The SMILES string of the molecule is COc1ccc([C@H](C)NC(=O)c2ccc3c(c2)CN(C2CCC(=O)NC2=O)C3O)cc1. The number of piperidine rings is 1. The van der Waals surface area contributed by atoms with Gasteiger partial charge in [-0.1, -0.05) is 18.2 Å². The van der Waals surface area contributed by atoms with Crippen LogP contribution in [0.2, 0.25) is 0 Å². The van der Waals surface area contributed by atoms with Gasteiger partial charge in [0.25, 0.3) is 5.91 Å². The van der Waals surface area contributed by atoms with Crippen molar-refractivity contribution in [3.8, 4) is 5.75 Å². The molecule has 1 saturated heterocycles. The van der Waals surface area contributed by atoms with Crippen LogP contribution in [0.25, 0.3) is 0 Å². The van der Waals surface area contributed by atoms with Crippen LogP contribution in [-0.4, -0.2) is 40.9 Å². The van der Waals surface area contributed by atoms with Gasteiger partial charge >= 0.3 is 0 Å². The Bertz CT molecular complexity index is 1020. The van der Waals surface area contributed by atoms with Crippen molar-refractivity contribution < 1.29 is 24.2 Å². The van der Waals surface area contributed by atoms with E-state index in [9.17, 15) is 19.5 Å². The summed E-state index contributed by atoms with van der Waals surface area (Å²) in [7, 11) is 1.60. The van der Waals surface area contributed by atoms with Gasteiger partial charge in [0.15, 0.2) is 0 Å². The van der Waals surface area contributed by atoms with E-state index in [1.807, 2.05) is 31.2 Å². The van der Waals surface area contributed by atoms with Crippen molar-refractivity contribution in [3.63, 3.8) is 0 Å². The van der Waals surface area contributed by atoms with Gasteiger partial charge in [0.2, 0.25) is 11.8 Å². The van der Waals surface area contributed by atoms with E-state index in [4.69, 9.17) is 4.74 Å². The molecule has 2 unspecified atom stereocenters. The van der Waals surface area contributed by atoms with Crippen LogP contribution in [-0.2, 0) is 16.1 Å². The van der Waals surface area contributed by atoms with Crippen LogP contribution in [0.4, 0.5) is 0 Å². The molecule has 2 aromatic carbocycles. The van der Waals surface area contributed by atoms with Gasteiger partial charge in [-0.25, -0.2) is 0 Å². The molecule has 0 radical (unpaired) electrons. The van der Waals surface area contributed by atoms with Crippen molar-refractivity contribution in [2.45, 2.75) is 44.6 Å². The molecular formula is C23H25N3O5. The van der Waals surface area contributed by atoms with Crippen molar-refractivity contribution in [1.82, 2.24) is 15.5 Å². The lowest BCUT2D eigenvalue weighted by Crippen LogP contribution is -2.51. The molecule has 0 bridgehead atoms. The van der Waals surface area contributed by atoms with Crippen LogP contribution >= 0.6 is 0 Å². The molecular weight excluding hydrogens is 398 g/mol. The fraction of sp³-hybridized carbons (Fsp3) is 0.348. The number of aliphatic hydroxyl groups is 1. The first kappa shape index (κ1) is 21.0. The van der Waals surface area contributed by atoms with Gasteiger partial charge in [0.05, 0.1) is 19.2 Å². The van der Waals surface area contributed by atoms with E-state index >= 15 is 0 Å². The standard InChI is InChI=1S/C23H25N3O5/c1-13(14-3-6-17(31-2)7-4-14)24-21(28)15-5-8-18-16(11-15)12-26(23(18)30)19-9-10-20(27)25-22(19)29/h3-8,11,13,19,23,30H,9-10,12H2,1-2H3,(H,24,28)(H,25,27,29)/t13-,19?,23?/m0/s1. The van der Waals surface area contributed by atoms with Crippen LogP contribution in [0.1, 0.15) is 59.1 Å². The zero-order valence-electron chi connectivity index (χ0n) is 17.4. The minimum atomic E-state index is -0.950. The molecule has 3 N–H and O–H groups in total. The predicted octanol–water partition coefficient (Wildman–Crippen LogP) is 1.80. The minimum Gasteiger partial charge on any atom is -0.497 e. The van der Waals surface area contributed by atoms with E-state index in [2.05, 4.69) is 10.6 Å². The van der Waals surface area contributed by atoms with Gasteiger partial charge in [-0.15, -0.1) is 0 Å². The van der Waals surface area contributed by atoms with Crippen LogP contribution in [0.5, 0.6) is 5.75 Å². The maximum absolute atomic E-state index is 12.8. The van der Waals surface area contributed by atoms with Crippen molar-refractivity contribution in [2.75, 3.05) is 7.11 Å². The number of ether oxygens (including phenoxy) is 1. The Kier molecular flexibility index (Phi) is 5.75. The van der Waals surface area contributed by atoms with Crippen molar-refractivity contribution in [3.05, 3.63) is 64.7 Å². The fourth-order valence-electron chi connectivity index (χ4n) is 4.13. The van der Waals surface area contributed by atoms with Gasteiger partial charge in [-0.2, -0.15) is 0 Å². The molecule has 3 atom stereocenters. The maximum Gasteiger partial charge on any atom is 0.251 e. The normalized spacial score (nSPS) is 21.9. The number of amides is 3. The Morgan fingerprint density at radius 2 is 1.97 bits per heavy atom.